The highest BCUT2D eigenvalue weighted by Crippen LogP contribution is 2.23. The third-order valence-electron chi connectivity index (χ3n) is 4.70. The summed E-state index contributed by atoms with van der Waals surface area (Å²) < 4.78 is 0. The Labute approximate surface area is 154 Å². The lowest BCUT2D eigenvalue weighted by Crippen LogP contribution is -2.31. The number of hydrazine groups is 1. The molecule has 0 atom stereocenters. The van der Waals surface area contributed by atoms with E-state index in [0.29, 0.717) is 12.1 Å². The van der Waals surface area contributed by atoms with Gasteiger partial charge in [0.25, 0.3) is 5.91 Å². The molecule has 0 aliphatic heterocycles. The van der Waals surface area contributed by atoms with Gasteiger partial charge in [0, 0.05) is 5.69 Å². The monoisotopic (exact) mass is 350 g/mol. The summed E-state index contributed by atoms with van der Waals surface area (Å²) in [4.78, 5) is 12.6. The van der Waals surface area contributed by atoms with Crippen LogP contribution in [0.4, 0.5) is 11.4 Å². The number of hydrogen-bond donors (Lipinski definition) is 2. The largest absolute Gasteiger partial charge is 0.321 e. The van der Waals surface area contributed by atoms with Crippen LogP contribution >= 0.6 is 0 Å². The van der Waals surface area contributed by atoms with E-state index in [2.05, 4.69) is 22.6 Å². The molecule has 0 radical (unpaired) electrons. The molecule has 0 bridgehead atoms. The zero-order valence-electron chi connectivity index (χ0n) is 15.2. The Kier molecular flexibility index (Phi) is 6.02. The van der Waals surface area contributed by atoms with Crippen molar-refractivity contribution < 1.29 is 4.79 Å². The summed E-state index contributed by atoms with van der Waals surface area (Å²) in [5.41, 5.74) is 4.70. The number of hydrazone groups is 1. The Bertz CT molecular complexity index is 786. The van der Waals surface area contributed by atoms with Crippen LogP contribution < -0.4 is 16.3 Å². The Morgan fingerprint density at radius 2 is 1.81 bits per heavy atom. The first kappa shape index (κ1) is 18.1. The summed E-state index contributed by atoms with van der Waals surface area (Å²) in [5, 5.41) is 8.49. The standard InChI is InChI=1S/C21H26N4O/c1-2-20(24-25(22)19-11-7-4-8-12-19)21(26)23-18-14-13-16-9-5-3-6-10-17(16)15-18/h4,7-8,11-15H,2-3,5-6,9-10,22H2,1H3,(H,23,26)/b24-20+. The predicted octanol–water partition coefficient (Wildman–Crippen LogP) is 4.04. The van der Waals surface area contributed by atoms with Crippen LogP contribution in [0.2, 0.25) is 0 Å². The number of carbonyl (C=O) groups excluding carboxylic acids is 1. The third kappa shape index (κ3) is 4.49. The van der Waals surface area contributed by atoms with Crippen molar-refractivity contribution in [2.75, 3.05) is 10.4 Å². The number of hydrogen-bond acceptors (Lipinski definition) is 4. The van der Waals surface area contributed by atoms with E-state index in [1.165, 1.54) is 35.5 Å². The number of nitrogens with one attached hydrogen (secondary N) is 1. The van der Waals surface area contributed by atoms with Gasteiger partial charge in [-0.15, -0.1) is 0 Å². The summed E-state index contributed by atoms with van der Waals surface area (Å²) in [6, 6.07) is 15.6. The zero-order valence-corrected chi connectivity index (χ0v) is 15.2. The number of nitrogens with two attached hydrogens (primary N) is 1. The topological polar surface area (TPSA) is 70.7 Å². The van der Waals surface area contributed by atoms with Crippen LogP contribution in [0.1, 0.15) is 43.7 Å². The molecule has 2 aromatic rings. The lowest BCUT2D eigenvalue weighted by Gasteiger charge is -2.15. The molecule has 3 N–H and O–H groups in total. The van der Waals surface area contributed by atoms with Crippen molar-refractivity contribution in [2.45, 2.75) is 45.4 Å². The van der Waals surface area contributed by atoms with Crippen molar-refractivity contribution in [2.24, 2.45) is 10.9 Å². The molecule has 0 saturated heterocycles. The van der Waals surface area contributed by atoms with E-state index in [0.717, 1.165) is 24.2 Å². The summed E-state index contributed by atoms with van der Waals surface area (Å²) in [5.74, 6) is 5.76. The SMILES string of the molecule is CC/C(=N\N(N)c1ccccc1)C(=O)Nc1ccc2c(c1)CCCCC2. The summed E-state index contributed by atoms with van der Waals surface area (Å²) >= 11 is 0. The first-order valence-electron chi connectivity index (χ1n) is 9.28. The maximum absolute atomic E-state index is 12.6. The maximum Gasteiger partial charge on any atom is 0.271 e. The van der Waals surface area contributed by atoms with Gasteiger partial charge >= 0.3 is 0 Å². The highest BCUT2D eigenvalue weighted by molar-refractivity contribution is 6.43. The summed E-state index contributed by atoms with van der Waals surface area (Å²) in [6.45, 7) is 1.90. The third-order valence-corrected chi connectivity index (χ3v) is 4.70. The lowest BCUT2D eigenvalue weighted by atomic mass is 10.0. The van der Waals surface area contributed by atoms with Gasteiger partial charge in [-0.1, -0.05) is 37.6 Å². The van der Waals surface area contributed by atoms with Crippen LogP contribution in [0, 0.1) is 0 Å². The minimum atomic E-state index is -0.215. The zero-order chi connectivity index (χ0) is 18.4. The van der Waals surface area contributed by atoms with Crippen molar-refractivity contribution in [1.29, 1.82) is 0 Å². The molecule has 2 aromatic carbocycles. The highest BCUT2D eigenvalue weighted by Gasteiger charge is 2.14. The van der Waals surface area contributed by atoms with E-state index < -0.39 is 0 Å². The van der Waals surface area contributed by atoms with Crippen LogP contribution in [0.25, 0.3) is 0 Å². The Morgan fingerprint density at radius 1 is 1.08 bits per heavy atom. The van der Waals surface area contributed by atoms with Crippen LogP contribution in [0.5, 0.6) is 0 Å². The Balaban J connectivity index is 1.73. The molecule has 5 heteroatoms. The van der Waals surface area contributed by atoms with Gasteiger partial charge in [-0.05, 0) is 67.5 Å². The second-order valence-corrected chi connectivity index (χ2v) is 6.58. The second-order valence-electron chi connectivity index (χ2n) is 6.58. The number of fused-ring (bicyclic) bond motifs is 1. The molecular formula is C21H26N4O. The number of carbonyl (C=O) groups is 1. The number of amides is 1. The molecule has 136 valence electrons. The van der Waals surface area contributed by atoms with Crippen LogP contribution in [-0.2, 0) is 17.6 Å². The Morgan fingerprint density at radius 3 is 2.54 bits per heavy atom. The normalized spacial score (nSPS) is 14.3. The average molecular weight is 350 g/mol. The van der Waals surface area contributed by atoms with E-state index in [-0.39, 0.29) is 5.91 Å². The van der Waals surface area contributed by atoms with E-state index in [1.54, 1.807) is 0 Å². The molecule has 1 aliphatic carbocycles. The number of anilines is 2. The quantitative estimate of drug-likeness (QED) is 0.370. The van der Waals surface area contributed by atoms with Gasteiger partial charge in [-0.3, -0.25) is 4.79 Å². The number of rotatable bonds is 5. The van der Waals surface area contributed by atoms with Gasteiger partial charge in [0.1, 0.15) is 5.71 Å². The van der Waals surface area contributed by atoms with E-state index in [1.807, 2.05) is 43.3 Å². The number of nitrogens with zero attached hydrogens (tertiary/aromatic N) is 2. The lowest BCUT2D eigenvalue weighted by molar-refractivity contribution is -0.110. The molecule has 1 amide bonds. The minimum absolute atomic E-state index is 0.215. The molecule has 0 spiro atoms. The van der Waals surface area contributed by atoms with Gasteiger partial charge < -0.3 is 5.32 Å². The Hall–Kier alpha value is -2.66. The summed E-state index contributed by atoms with van der Waals surface area (Å²) in [7, 11) is 0. The van der Waals surface area contributed by atoms with Crippen molar-refractivity contribution in [3.63, 3.8) is 0 Å². The van der Waals surface area contributed by atoms with E-state index in [9.17, 15) is 4.79 Å². The molecule has 0 unspecified atom stereocenters. The second kappa shape index (κ2) is 8.63. The molecular weight excluding hydrogens is 324 g/mol. The van der Waals surface area contributed by atoms with Crippen molar-refractivity contribution in [1.82, 2.24) is 0 Å². The maximum atomic E-state index is 12.6. The highest BCUT2D eigenvalue weighted by atomic mass is 16.2. The fourth-order valence-corrected chi connectivity index (χ4v) is 3.24. The van der Waals surface area contributed by atoms with E-state index >= 15 is 0 Å². The van der Waals surface area contributed by atoms with Gasteiger partial charge in [-0.2, -0.15) is 10.2 Å². The molecule has 5 nitrogen and oxygen atoms in total. The molecule has 0 heterocycles. The van der Waals surface area contributed by atoms with Gasteiger partial charge in [0.2, 0.25) is 0 Å². The number of aryl methyl sites for hydroxylation is 2. The first-order chi connectivity index (χ1) is 12.7. The van der Waals surface area contributed by atoms with Crippen molar-refractivity contribution in [3.05, 3.63) is 59.7 Å². The molecule has 0 saturated carbocycles. The molecule has 26 heavy (non-hydrogen) atoms. The van der Waals surface area contributed by atoms with Crippen LogP contribution in [0.3, 0.4) is 0 Å². The van der Waals surface area contributed by atoms with Crippen LogP contribution in [0.15, 0.2) is 53.6 Å². The predicted molar refractivity (Wildman–Crippen MR) is 107 cm³/mol. The molecule has 0 fully saturated rings. The molecule has 3 rings (SSSR count). The average Bonchev–Trinajstić information content (AvgIpc) is 2.91. The fourth-order valence-electron chi connectivity index (χ4n) is 3.24. The molecule has 1 aliphatic rings. The fraction of sp³-hybridized carbons (Fsp3) is 0.333. The minimum Gasteiger partial charge on any atom is -0.321 e. The number of benzene rings is 2. The van der Waals surface area contributed by atoms with Crippen molar-refractivity contribution in [3.8, 4) is 0 Å². The summed E-state index contributed by atoms with van der Waals surface area (Å²) in [6.07, 6.45) is 6.44. The van der Waals surface area contributed by atoms with Crippen LogP contribution in [-0.4, -0.2) is 11.6 Å². The first-order valence-corrected chi connectivity index (χ1v) is 9.28. The molecule has 0 aromatic heterocycles. The van der Waals surface area contributed by atoms with Gasteiger partial charge in [0.05, 0.1) is 5.69 Å². The van der Waals surface area contributed by atoms with Crippen molar-refractivity contribution >= 4 is 23.0 Å². The van der Waals surface area contributed by atoms with E-state index in [4.69, 9.17) is 5.84 Å². The number of para-hydroxylation sites is 1. The van der Waals surface area contributed by atoms with Gasteiger partial charge in [0.15, 0.2) is 0 Å². The smallest absolute Gasteiger partial charge is 0.271 e. The van der Waals surface area contributed by atoms with Gasteiger partial charge in [-0.25, -0.2) is 5.84 Å².